The second-order valence-electron chi connectivity index (χ2n) is 5.58. The van der Waals surface area contributed by atoms with E-state index in [1.807, 2.05) is 6.92 Å². The lowest BCUT2D eigenvalue weighted by Crippen LogP contribution is -2.44. The van der Waals surface area contributed by atoms with E-state index in [0.717, 1.165) is 25.9 Å². The monoisotopic (exact) mass is 295 g/mol. The minimum atomic E-state index is -0.237. The van der Waals surface area contributed by atoms with Gasteiger partial charge in [-0.3, -0.25) is 9.36 Å². The van der Waals surface area contributed by atoms with Gasteiger partial charge in [0.05, 0.1) is 6.10 Å². The molecule has 118 valence electrons. The predicted octanol–water partition coefficient (Wildman–Crippen LogP) is 0.577. The van der Waals surface area contributed by atoms with Gasteiger partial charge >= 0.3 is 5.69 Å². The molecule has 2 rings (SSSR count). The Kier molecular flexibility index (Phi) is 5.76. The van der Waals surface area contributed by atoms with Crippen molar-refractivity contribution in [2.75, 3.05) is 13.2 Å². The van der Waals surface area contributed by atoms with Crippen molar-refractivity contribution in [2.24, 2.45) is 0 Å². The third kappa shape index (κ3) is 4.04. The van der Waals surface area contributed by atoms with Gasteiger partial charge in [-0.1, -0.05) is 6.92 Å². The molecule has 0 spiro atoms. The summed E-state index contributed by atoms with van der Waals surface area (Å²) < 4.78 is 8.50. The molecule has 0 aromatic carbocycles. The molecule has 1 saturated heterocycles. The van der Waals surface area contributed by atoms with Crippen LogP contribution in [0.5, 0.6) is 0 Å². The summed E-state index contributed by atoms with van der Waals surface area (Å²) in [6, 6.07) is 1.70. The highest BCUT2D eigenvalue weighted by Crippen LogP contribution is 2.14. The Morgan fingerprint density at radius 2 is 2.24 bits per heavy atom. The van der Waals surface area contributed by atoms with Gasteiger partial charge in [-0.25, -0.2) is 4.79 Å². The van der Waals surface area contributed by atoms with E-state index in [0.29, 0.717) is 19.6 Å². The molecule has 0 amide bonds. The quantitative estimate of drug-likeness (QED) is 0.799. The molecule has 1 aromatic heterocycles. The number of hydrogen-bond acceptors (Lipinski definition) is 4. The van der Waals surface area contributed by atoms with Gasteiger partial charge in [0.1, 0.15) is 0 Å². The molecular weight excluding hydrogens is 270 g/mol. The summed E-state index contributed by atoms with van der Waals surface area (Å²) in [6.45, 7) is 6.53. The zero-order chi connectivity index (χ0) is 15.2. The maximum absolute atomic E-state index is 12.2. The first-order valence-electron chi connectivity index (χ1n) is 7.78. The van der Waals surface area contributed by atoms with Gasteiger partial charge in [0.15, 0.2) is 0 Å². The Balaban J connectivity index is 1.94. The van der Waals surface area contributed by atoms with Crippen LogP contribution in [0.1, 0.15) is 33.1 Å². The SMILES string of the molecule is CCCn1ccc(=O)n(CCNC(C)C2CCCO2)c1=O. The van der Waals surface area contributed by atoms with E-state index in [1.54, 1.807) is 10.8 Å². The van der Waals surface area contributed by atoms with Crippen LogP contribution >= 0.6 is 0 Å². The van der Waals surface area contributed by atoms with Crippen molar-refractivity contribution in [3.63, 3.8) is 0 Å². The van der Waals surface area contributed by atoms with Gasteiger partial charge in [-0.2, -0.15) is 0 Å². The standard InChI is InChI=1S/C15H25N3O3/c1-3-8-17-9-6-14(19)18(15(17)20)10-7-16-12(2)13-5-4-11-21-13/h6,9,12-13,16H,3-5,7-8,10-11H2,1-2H3. The van der Waals surface area contributed by atoms with Crippen LogP contribution in [0, 0.1) is 0 Å². The summed E-state index contributed by atoms with van der Waals surface area (Å²) in [7, 11) is 0. The second kappa shape index (κ2) is 7.56. The molecular formula is C15H25N3O3. The van der Waals surface area contributed by atoms with Gasteiger partial charge in [-0.05, 0) is 26.2 Å². The third-order valence-electron chi connectivity index (χ3n) is 3.93. The molecule has 6 nitrogen and oxygen atoms in total. The van der Waals surface area contributed by atoms with Gasteiger partial charge in [0.2, 0.25) is 0 Å². The van der Waals surface area contributed by atoms with E-state index in [9.17, 15) is 9.59 Å². The normalized spacial score (nSPS) is 19.8. The van der Waals surface area contributed by atoms with Crippen LogP contribution < -0.4 is 16.6 Å². The minimum Gasteiger partial charge on any atom is -0.377 e. The zero-order valence-corrected chi connectivity index (χ0v) is 12.9. The van der Waals surface area contributed by atoms with Gasteiger partial charge in [-0.15, -0.1) is 0 Å². The summed E-state index contributed by atoms with van der Waals surface area (Å²) in [5.74, 6) is 0. The molecule has 2 heterocycles. The molecule has 1 aromatic rings. The summed E-state index contributed by atoms with van der Waals surface area (Å²) in [5.41, 5.74) is -0.463. The topological polar surface area (TPSA) is 65.3 Å². The lowest BCUT2D eigenvalue weighted by molar-refractivity contribution is 0.0834. The van der Waals surface area contributed by atoms with Crippen LogP contribution in [0.15, 0.2) is 21.9 Å². The van der Waals surface area contributed by atoms with Crippen molar-refractivity contribution in [1.82, 2.24) is 14.5 Å². The highest BCUT2D eigenvalue weighted by molar-refractivity contribution is 4.87. The maximum Gasteiger partial charge on any atom is 0.331 e. The Bertz CT molecular complexity index is 558. The van der Waals surface area contributed by atoms with Gasteiger partial charge in [0.25, 0.3) is 5.56 Å². The van der Waals surface area contributed by atoms with Crippen LogP contribution in [-0.2, 0) is 17.8 Å². The molecule has 0 bridgehead atoms. The summed E-state index contributed by atoms with van der Waals surface area (Å²) in [5, 5.41) is 3.35. The first-order valence-corrected chi connectivity index (χ1v) is 7.78. The van der Waals surface area contributed by atoms with Crippen molar-refractivity contribution in [1.29, 1.82) is 0 Å². The maximum atomic E-state index is 12.2. The fourth-order valence-corrected chi connectivity index (χ4v) is 2.71. The van der Waals surface area contributed by atoms with E-state index in [1.165, 1.54) is 10.6 Å². The number of nitrogens with zero attached hydrogens (tertiary/aromatic N) is 2. The Morgan fingerprint density at radius 3 is 2.90 bits per heavy atom. The molecule has 2 atom stereocenters. The average Bonchev–Trinajstić information content (AvgIpc) is 3.00. The molecule has 21 heavy (non-hydrogen) atoms. The Hall–Kier alpha value is -1.40. The fraction of sp³-hybridized carbons (Fsp3) is 0.733. The number of aryl methyl sites for hydroxylation is 1. The van der Waals surface area contributed by atoms with E-state index in [-0.39, 0.29) is 23.4 Å². The summed E-state index contributed by atoms with van der Waals surface area (Å²) in [6.07, 6.45) is 4.87. The minimum absolute atomic E-state index is 0.226. The van der Waals surface area contributed by atoms with Crippen LogP contribution in [0.2, 0.25) is 0 Å². The van der Waals surface area contributed by atoms with Crippen molar-refractivity contribution >= 4 is 0 Å². The highest BCUT2D eigenvalue weighted by Gasteiger charge is 2.21. The first-order chi connectivity index (χ1) is 10.1. The number of aromatic nitrogens is 2. The third-order valence-corrected chi connectivity index (χ3v) is 3.93. The molecule has 1 N–H and O–H groups in total. The number of ether oxygens (including phenoxy) is 1. The van der Waals surface area contributed by atoms with Gasteiger partial charge in [0, 0.05) is 44.5 Å². The molecule has 1 aliphatic rings. The Morgan fingerprint density at radius 1 is 1.43 bits per heavy atom. The van der Waals surface area contributed by atoms with Crippen molar-refractivity contribution in [3.8, 4) is 0 Å². The molecule has 2 unspecified atom stereocenters. The number of nitrogens with one attached hydrogen (secondary N) is 1. The molecule has 1 aliphatic heterocycles. The summed E-state index contributed by atoms with van der Waals surface area (Å²) >= 11 is 0. The van der Waals surface area contributed by atoms with Crippen molar-refractivity contribution in [3.05, 3.63) is 33.1 Å². The van der Waals surface area contributed by atoms with Crippen molar-refractivity contribution < 1.29 is 4.74 Å². The molecule has 0 radical (unpaired) electrons. The molecule has 0 aliphatic carbocycles. The van der Waals surface area contributed by atoms with Crippen LogP contribution in [0.25, 0.3) is 0 Å². The second-order valence-corrected chi connectivity index (χ2v) is 5.58. The zero-order valence-electron chi connectivity index (χ0n) is 12.9. The number of hydrogen-bond donors (Lipinski definition) is 1. The average molecular weight is 295 g/mol. The fourth-order valence-electron chi connectivity index (χ4n) is 2.71. The smallest absolute Gasteiger partial charge is 0.331 e. The van der Waals surface area contributed by atoms with E-state index in [4.69, 9.17) is 4.74 Å². The van der Waals surface area contributed by atoms with E-state index in [2.05, 4.69) is 12.2 Å². The molecule has 1 fully saturated rings. The summed E-state index contributed by atoms with van der Waals surface area (Å²) in [4.78, 5) is 24.0. The van der Waals surface area contributed by atoms with Crippen LogP contribution in [-0.4, -0.2) is 34.4 Å². The Labute approximate surface area is 124 Å². The largest absolute Gasteiger partial charge is 0.377 e. The molecule has 0 saturated carbocycles. The van der Waals surface area contributed by atoms with E-state index >= 15 is 0 Å². The molecule has 6 heteroatoms. The van der Waals surface area contributed by atoms with Crippen LogP contribution in [0.4, 0.5) is 0 Å². The van der Waals surface area contributed by atoms with Crippen molar-refractivity contribution in [2.45, 2.75) is 58.3 Å². The lowest BCUT2D eigenvalue weighted by Gasteiger charge is -2.20. The van der Waals surface area contributed by atoms with E-state index < -0.39 is 0 Å². The lowest BCUT2D eigenvalue weighted by atomic mass is 10.1. The number of rotatable bonds is 7. The predicted molar refractivity (Wildman–Crippen MR) is 81.7 cm³/mol. The van der Waals surface area contributed by atoms with Crippen LogP contribution in [0.3, 0.4) is 0 Å². The van der Waals surface area contributed by atoms with Gasteiger partial charge < -0.3 is 14.6 Å². The first kappa shape index (κ1) is 16.0. The highest BCUT2D eigenvalue weighted by atomic mass is 16.5.